The number of aliphatic imine (C=N–C) groups is 1. The third-order valence-corrected chi connectivity index (χ3v) is 4.22. The van der Waals surface area contributed by atoms with Crippen molar-refractivity contribution < 1.29 is 9.47 Å². The number of nitrogens with zero attached hydrogens (tertiary/aromatic N) is 1. The quantitative estimate of drug-likeness (QED) is 0.312. The number of halogens is 1. The summed E-state index contributed by atoms with van der Waals surface area (Å²) in [5, 5.41) is 6.70. The molecular weight excluding hydrogens is 465 g/mol. The van der Waals surface area contributed by atoms with Crippen LogP contribution in [0.3, 0.4) is 0 Å². The molecule has 0 heterocycles. The first-order chi connectivity index (χ1) is 13.2. The van der Waals surface area contributed by atoms with Crippen LogP contribution in [-0.2, 0) is 24.3 Å². The number of ether oxygens (including phenoxy) is 2. The van der Waals surface area contributed by atoms with Crippen molar-refractivity contribution in [3.63, 3.8) is 0 Å². The lowest BCUT2D eigenvalue weighted by atomic mass is 10.1. The van der Waals surface area contributed by atoms with Crippen molar-refractivity contribution in [1.82, 2.24) is 10.6 Å². The number of benzene rings is 2. The molecule has 2 aromatic carbocycles. The second kappa shape index (κ2) is 13.4. The van der Waals surface area contributed by atoms with Crippen LogP contribution in [0.4, 0.5) is 0 Å². The van der Waals surface area contributed by atoms with Gasteiger partial charge in [-0.15, -0.1) is 24.0 Å². The van der Waals surface area contributed by atoms with Gasteiger partial charge in [0, 0.05) is 20.2 Å². The lowest BCUT2D eigenvalue weighted by Crippen LogP contribution is -2.38. The third-order valence-electron chi connectivity index (χ3n) is 4.22. The normalized spacial score (nSPS) is 10.9. The molecule has 2 aromatic rings. The first-order valence-corrected chi connectivity index (χ1v) is 9.38. The summed E-state index contributed by atoms with van der Waals surface area (Å²) in [5.41, 5.74) is 4.78. The molecule has 154 valence electrons. The van der Waals surface area contributed by atoms with Gasteiger partial charge in [-0.05, 0) is 43.0 Å². The lowest BCUT2D eigenvalue weighted by Gasteiger charge is -2.13. The molecule has 0 aromatic heterocycles. The Bertz CT molecular complexity index is 733. The zero-order valence-electron chi connectivity index (χ0n) is 17.2. The van der Waals surface area contributed by atoms with Crippen molar-refractivity contribution in [1.29, 1.82) is 0 Å². The predicted molar refractivity (Wildman–Crippen MR) is 127 cm³/mol. The van der Waals surface area contributed by atoms with Crippen molar-refractivity contribution >= 4 is 29.9 Å². The van der Waals surface area contributed by atoms with Crippen molar-refractivity contribution in [3.8, 4) is 5.75 Å². The van der Waals surface area contributed by atoms with Crippen LogP contribution >= 0.6 is 24.0 Å². The van der Waals surface area contributed by atoms with E-state index in [0.29, 0.717) is 13.2 Å². The molecule has 0 fully saturated rings. The minimum atomic E-state index is 0. The van der Waals surface area contributed by atoms with Crippen LogP contribution in [0.1, 0.15) is 29.2 Å². The van der Waals surface area contributed by atoms with E-state index in [-0.39, 0.29) is 24.0 Å². The molecule has 0 saturated carbocycles. The number of rotatable bonds is 9. The summed E-state index contributed by atoms with van der Waals surface area (Å²) in [4.78, 5) is 4.68. The average Bonchev–Trinajstić information content (AvgIpc) is 2.67. The minimum Gasteiger partial charge on any atom is -0.496 e. The molecule has 0 unspecified atom stereocenters. The molecule has 5 nitrogen and oxygen atoms in total. The summed E-state index contributed by atoms with van der Waals surface area (Å²) in [6.07, 6.45) is 0.876. The zero-order chi connectivity index (χ0) is 19.5. The molecule has 0 aliphatic heterocycles. The van der Waals surface area contributed by atoms with Crippen LogP contribution in [0, 0.1) is 6.92 Å². The highest BCUT2D eigenvalue weighted by Gasteiger charge is 2.04. The Kier molecular flexibility index (Phi) is 11.6. The number of nitrogens with one attached hydrogen (secondary N) is 2. The summed E-state index contributed by atoms with van der Waals surface area (Å²) >= 11 is 0. The van der Waals surface area contributed by atoms with Crippen molar-refractivity contribution in [3.05, 3.63) is 64.7 Å². The van der Waals surface area contributed by atoms with Crippen LogP contribution in [0.15, 0.2) is 47.5 Å². The summed E-state index contributed by atoms with van der Waals surface area (Å²) in [5.74, 6) is 1.76. The standard InChI is InChI=1S/C22H31N3O2.HI/c1-5-23-22(25-15-18-7-9-19(10-8-18)16-26-3)24-13-12-20-14-17(2)6-11-21(20)27-4;/h6-11,14H,5,12-13,15-16H2,1-4H3,(H2,23,24,25);1H. The zero-order valence-corrected chi connectivity index (χ0v) is 19.6. The Labute approximate surface area is 186 Å². The second-order valence-electron chi connectivity index (χ2n) is 6.44. The molecule has 28 heavy (non-hydrogen) atoms. The van der Waals surface area contributed by atoms with E-state index < -0.39 is 0 Å². The van der Waals surface area contributed by atoms with Crippen LogP contribution in [-0.4, -0.2) is 33.3 Å². The molecule has 0 aliphatic carbocycles. The minimum absolute atomic E-state index is 0. The van der Waals surface area contributed by atoms with Gasteiger partial charge in [0.2, 0.25) is 0 Å². The molecule has 0 aliphatic rings. The molecule has 0 bridgehead atoms. The largest absolute Gasteiger partial charge is 0.496 e. The fourth-order valence-electron chi connectivity index (χ4n) is 2.84. The lowest BCUT2D eigenvalue weighted by molar-refractivity contribution is 0.185. The number of guanidine groups is 1. The maximum absolute atomic E-state index is 5.46. The van der Waals surface area contributed by atoms with Gasteiger partial charge in [-0.25, -0.2) is 4.99 Å². The average molecular weight is 497 g/mol. The van der Waals surface area contributed by atoms with Gasteiger partial charge >= 0.3 is 0 Å². The van der Waals surface area contributed by atoms with Gasteiger partial charge in [0.05, 0.1) is 20.3 Å². The molecular formula is C22H32IN3O2. The predicted octanol–water partition coefficient (Wildman–Crippen LogP) is 4.07. The summed E-state index contributed by atoms with van der Waals surface area (Å²) in [6.45, 7) is 7.05. The molecule has 2 rings (SSSR count). The summed E-state index contributed by atoms with van der Waals surface area (Å²) in [7, 11) is 3.42. The van der Waals surface area contributed by atoms with Gasteiger partial charge < -0.3 is 20.1 Å². The third kappa shape index (κ3) is 8.06. The molecule has 0 saturated heterocycles. The maximum Gasteiger partial charge on any atom is 0.191 e. The van der Waals surface area contributed by atoms with Crippen molar-refractivity contribution in [2.24, 2.45) is 4.99 Å². The molecule has 0 atom stereocenters. The number of hydrogen-bond acceptors (Lipinski definition) is 3. The fourth-order valence-corrected chi connectivity index (χ4v) is 2.84. The first kappa shape index (κ1) is 24.2. The van der Waals surface area contributed by atoms with E-state index in [2.05, 4.69) is 65.9 Å². The number of aryl methyl sites for hydroxylation is 1. The van der Waals surface area contributed by atoms with Gasteiger partial charge in [0.15, 0.2) is 5.96 Å². The van der Waals surface area contributed by atoms with E-state index in [4.69, 9.17) is 9.47 Å². The van der Waals surface area contributed by atoms with Crippen LogP contribution in [0.5, 0.6) is 5.75 Å². The van der Waals surface area contributed by atoms with Crippen molar-refractivity contribution in [2.75, 3.05) is 27.3 Å². The van der Waals surface area contributed by atoms with Gasteiger partial charge in [-0.3, -0.25) is 0 Å². The maximum atomic E-state index is 5.46. The Morgan fingerprint density at radius 3 is 2.36 bits per heavy atom. The van der Waals surface area contributed by atoms with E-state index in [1.807, 2.05) is 6.07 Å². The fraction of sp³-hybridized carbons (Fsp3) is 0.409. The molecule has 0 amide bonds. The number of hydrogen-bond donors (Lipinski definition) is 2. The van der Waals surface area contributed by atoms with E-state index >= 15 is 0 Å². The molecule has 0 radical (unpaired) electrons. The van der Waals surface area contributed by atoms with E-state index in [1.165, 1.54) is 22.3 Å². The monoisotopic (exact) mass is 497 g/mol. The highest BCUT2D eigenvalue weighted by molar-refractivity contribution is 14.0. The highest BCUT2D eigenvalue weighted by atomic mass is 127. The summed E-state index contributed by atoms with van der Waals surface area (Å²) < 4.78 is 10.6. The smallest absolute Gasteiger partial charge is 0.191 e. The Hall–Kier alpha value is -1.80. The van der Waals surface area contributed by atoms with Gasteiger partial charge in [-0.2, -0.15) is 0 Å². The molecule has 0 spiro atoms. The van der Waals surface area contributed by atoms with Crippen LogP contribution in [0.25, 0.3) is 0 Å². The Morgan fingerprint density at radius 2 is 1.71 bits per heavy atom. The Morgan fingerprint density at radius 1 is 1.00 bits per heavy atom. The Balaban J connectivity index is 0.00000392. The van der Waals surface area contributed by atoms with E-state index in [1.54, 1.807) is 14.2 Å². The van der Waals surface area contributed by atoms with E-state index in [0.717, 1.165) is 31.2 Å². The first-order valence-electron chi connectivity index (χ1n) is 9.38. The molecule has 2 N–H and O–H groups in total. The number of methoxy groups -OCH3 is 2. The van der Waals surface area contributed by atoms with Gasteiger partial charge in [-0.1, -0.05) is 42.0 Å². The van der Waals surface area contributed by atoms with Crippen LogP contribution < -0.4 is 15.4 Å². The second-order valence-corrected chi connectivity index (χ2v) is 6.44. The SMILES string of the molecule is CCNC(=NCc1ccc(COC)cc1)NCCc1cc(C)ccc1OC.I. The van der Waals surface area contributed by atoms with Gasteiger partial charge in [0.25, 0.3) is 0 Å². The highest BCUT2D eigenvalue weighted by Crippen LogP contribution is 2.19. The summed E-state index contributed by atoms with van der Waals surface area (Å²) in [6, 6.07) is 14.6. The van der Waals surface area contributed by atoms with E-state index in [9.17, 15) is 0 Å². The molecule has 6 heteroatoms. The topological polar surface area (TPSA) is 54.9 Å². The van der Waals surface area contributed by atoms with Gasteiger partial charge in [0.1, 0.15) is 5.75 Å². The van der Waals surface area contributed by atoms with Crippen LogP contribution in [0.2, 0.25) is 0 Å². The van der Waals surface area contributed by atoms with Crippen molar-refractivity contribution in [2.45, 2.75) is 33.4 Å².